The van der Waals surface area contributed by atoms with E-state index in [9.17, 15) is 0 Å². The molecule has 0 aromatic carbocycles. The molecule has 0 aliphatic carbocycles. The lowest BCUT2D eigenvalue weighted by Gasteiger charge is -2.33. The summed E-state index contributed by atoms with van der Waals surface area (Å²) in [5, 5.41) is 8.11. The van der Waals surface area contributed by atoms with E-state index >= 15 is 0 Å². The number of aromatic amines is 1. The van der Waals surface area contributed by atoms with Gasteiger partial charge >= 0.3 is 0 Å². The average Bonchev–Trinajstić information content (AvgIpc) is 2.85. The summed E-state index contributed by atoms with van der Waals surface area (Å²) in [4.78, 5) is 10.8. The van der Waals surface area contributed by atoms with Gasteiger partial charge in [-0.25, -0.2) is 0 Å². The van der Waals surface area contributed by atoms with E-state index in [1.54, 1.807) is 6.20 Å². The highest BCUT2D eigenvalue weighted by atomic mass is 35.5. The van der Waals surface area contributed by atoms with Crippen LogP contribution in [0.15, 0.2) is 6.20 Å². The van der Waals surface area contributed by atoms with Gasteiger partial charge in [0.15, 0.2) is 5.65 Å². The van der Waals surface area contributed by atoms with Crippen molar-refractivity contribution in [2.75, 3.05) is 18.0 Å². The summed E-state index contributed by atoms with van der Waals surface area (Å²) in [6, 6.07) is 0. The third-order valence-electron chi connectivity index (χ3n) is 3.66. The maximum atomic E-state index is 5.97. The molecule has 1 aliphatic rings. The molecular weight excluding hydrogens is 250 g/mol. The number of rotatable bonds is 2. The Labute approximate surface area is 111 Å². The lowest BCUT2D eigenvalue weighted by atomic mass is 9.95. The van der Waals surface area contributed by atoms with Crippen molar-refractivity contribution in [3.63, 3.8) is 0 Å². The van der Waals surface area contributed by atoms with Crippen LogP contribution in [0.3, 0.4) is 0 Å². The van der Waals surface area contributed by atoms with E-state index in [0.717, 1.165) is 30.2 Å². The van der Waals surface area contributed by atoms with Gasteiger partial charge in [-0.15, -0.1) is 0 Å². The van der Waals surface area contributed by atoms with Gasteiger partial charge < -0.3 is 4.90 Å². The molecule has 96 valence electrons. The van der Waals surface area contributed by atoms with Crippen molar-refractivity contribution in [3.05, 3.63) is 11.5 Å². The number of halogens is 1. The van der Waals surface area contributed by atoms with Crippen LogP contribution in [0, 0.1) is 5.92 Å². The number of nitrogens with one attached hydrogen (secondary N) is 1. The van der Waals surface area contributed by atoms with Gasteiger partial charge in [0, 0.05) is 13.1 Å². The van der Waals surface area contributed by atoms with Gasteiger partial charge in [-0.3, -0.25) is 5.10 Å². The molecule has 1 saturated heterocycles. The zero-order valence-corrected chi connectivity index (χ0v) is 11.1. The van der Waals surface area contributed by atoms with Crippen molar-refractivity contribution in [2.24, 2.45) is 5.92 Å². The van der Waals surface area contributed by atoms with E-state index < -0.39 is 0 Å². The third-order valence-corrected chi connectivity index (χ3v) is 3.83. The summed E-state index contributed by atoms with van der Waals surface area (Å²) in [6.45, 7) is 4.32. The first kappa shape index (κ1) is 11.7. The molecule has 1 aliphatic heterocycles. The second-order valence-corrected chi connectivity index (χ2v) is 5.15. The summed E-state index contributed by atoms with van der Waals surface area (Å²) >= 11 is 5.97. The number of aromatic nitrogens is 4. The normalized spacial score (nSPS) is 20.6. The van der Waals surface area contributed by atoms with Crippen molar-refractivity contribution in [1.29, 1.82) is 0 Å². The molecule has 0 saturated carbocycles. The molecule has 1 unspecified atom stereocenters. The first-order chi connectivity index (χ1) is 8.78. The van der Waals surface area contributed by atoms with Crippen LogP contribution in [0.5, 0.6) is 0 Å². The molecule has 2 aromatic rings. The van der Waals surface area contributed by atoms with E-state index in [0.29, 0.717) is 5.65 Å². The lowest BCUT2D eigenvalue weighted by Crippen LogP contribution is -2.35. The first-order valence-electron chi connectivity index (χ1n) is 6.39. The minimum atomic E-state index is 0.278. The Morgan fingerprint density at radius 1 is 1.50 bits per heavy atom. The van der Waals surface area contributed by atoms with E-state index in [4.69, 9.17) is 11.6 Å². The van der Waals surface area contributed by atoms with E-state index in [-0.39, 0.29) is 5.28 Å². The molecule has 0 amide bonds. The highest BCUT2D eigenvalue weighted by Gasteiger charge is 2.22. The minimum Gasteiger partial charge on any atom is -0.356 e. The SMILES string of the molecule is CCC1CCCN(c2nc(Cl)nc3[nH]ncc23)C1. The number of hydrogen-bond donors (Lipinski definition) is 1. The first-order valence-corrected chi connectivity index (χ1v) is 6.77. The fourth-order valence-corrected chi connectivity index (χ4v) is 2.79. The minimum absolute atomic E-state index is 0.278. The van der Waals surface area contributed by atoms with Crippen LogP contribution in [0.4, 0.5) is 5.82 Å². The molecule has 0 bridgehead atoms. The molecule has 1 N–H and O–H groups in total. The largest absolute Gasteiger partial charge is 0.356 e. The predicted molar refractivity (Wildman–Crippen MR) is 71.9 cm³/mol. The van der Waals surface area contributed by atoms with Crippen molar-refractivity contribution >= 4 is 28.5 Å². The van der Waals surface area contributed by atoms with Crippen LogP contribution in [0.2, 0.25) is 5.28 Å². The Hall–Kier alpha value is -1.36. The molecule has 3 heterocycles. The van der Waals surface area contributed by atoms with Crippen molar-refractivity contribution in [2.45, 2.75) is 26.2 Å². The van der Waals surface area contributed by atoms with Gasteiger partial charge in [0.05, 0.1) is 11.6 Å². The Balaban J connectivity index is 2.00. The molecule has 18 heavy (non-hydrogen) atoms. The van der Waals surface area contributed by atoms with Crippen molar-refractivity contribution in [3.8, 4) is 0 Å². The van der Waals surface area contributed by atoms with Gasteiger partial charge in [0.25, 0.3) is 0 Å². The van der Waals surface area contributed by atoms with Gasteiger partial charge in [-0.1, -0.05) is 13.3 Å². The molecule has 1 atom stereocenters. The number of fused-ring (bicyclic) bond motifs is 1. The zero-order chi connectivity index (χ0) is 12.5. The molecule has 1 fully saturated rings. The van der Waals surface area contributed by atoms with Crippen LogP contribution in [0.1, 0.15) is 26.2 Å². The second-order valence-electron chi connectivity index (χ2n) is 4.81. The smallest absolute Gasteiger partial charge is 0.226 e. The highest BCUT2D eigenvalue weighted by Crippen LogP contribution is 2.28. The summed E-state index contributed by atoms with van der Waals surface area (Å²) in [5.41, 5.74) is 0.712. The Morgan fingerprint density at radius 3 is 3.22 bits per heavy atom. The lowest BCUT2D eigenvalue weighted by molar-refractivity contribution is 0.403. The van der Waals surface area contributed by atoms with Crippen LogP contribution in [0.25, 0.3) is 11.0 Å². The number of piperidine rings is 1. The summed E-state index contributed by atoms with van der Waals surface area (Å²) in [6.07, 6.45) is 5.50. The van der Waals surface area contributed by atoms with Crippen LogP contribution in [-0.2, 0) is 0 Å². The third kappa shape index (κ3) is 2.03. The van der Waals surface area contributed by atoms with Gasteiger partial charge in [-0.05, 0) is 30.4 Å². The highest BCUT2D eigenvalue weighted by molar-refractivity contribution is 6.28. The molecule has 0 radical (unpaired) electrons. The maximum absolute atomic E-state index is 5.97. The Bertz CT molecular complexity index is 552. The Kier molecular flexibility index (Phi) is 3.07. The monoisotopic (exact) mass is 265 g/mol. The summed E-state index contributed by atoms with van der Waals surface area (Å²) in [7, 11) is 0. The number of H-pyrrole nitrogens is 1. The van der Waals surface area contributed by atoms with E-state index in [1.807, 2.05) is 0 Å². The molecule has 5 nitrogen and oxygen atoms in total. The molecular formula is C12H16ClN5. The van der Waals surface area contributed by atoms with Gasteiger partial charge in [0.1, 0.15) is 5.82 Å². The molecule has 6 heteroatoms. The van der Waals surface area contributed by atoms with Gasteiger partial charge in [-0.2, -0.15) is 15.1 Å². The molecule has 3 rings (SSSR count). The molecule has 2 aromatic heterocycles. The number of nitrogens with zero attached hydrogens (tertiary/aromatic N) is 4. The molecule has 0 spiro atoms. The van der Waals surface area contributed by atoms with Gasteiger partial charge in [0.2, 0.25) is 5.28 Å². The zero-order valence-electron chi connectivity index (χ0n) is 10.4. The predicted octanol–water partition coefficient (Wildman–Crippen LogP) is 2.63. The van der Waals surface area contributed by atoms with Crippen LogP contribution in [-0.4, -0.2) is 33.3 Å². The number of hydrogen-bond acceptors (Lipinski definition) is 4. The van der Waals surface area contributed by atoms with Crippen LogP contribution < -0.4 is 4.90 Å². The summed E-state index contributed by atoms with van der Waals surface area (Å²) in [5.74, 6) is 1.66. The maximum Gasteiger partial charge on any atom is 0.226 e. The Morgan fingerprint density at radius 2 is 2.39 bits per heavy atom. The second kappa shape index (κ2) is 4.72. The summed E-state index contributed by atoms with van der Waals surface area (Å²) < 4.78 is 0. The number of anilines is 1. The fourth-order valence-electron chi connectivity index (χ4n) is 2.62. The van der Waals surface area contributed by atoms with Crippen molar-refractivity contribution in [1.82, 2.24) is 20.2 Å². The van der Waals surface area contributed by atoms with E-state index in [2.05, 4.69) is 32.0 Å². The van der Waals surface area contributed by atoms with Crippen molar-refractivity contribution < 1.29 is 0 Å². The quantitative estimate of drug-likeness (QED) is 0.848. The van der Waals surface area contributed by atoms with E-state index in [1.165, 1.54) is 19.3 Å². The standard InChI is InChI=1S/C12H16ClN5/c1-2-8-4-3-5-18(7-8)11-9-6-14-17-10(9)15-12(13)16-11/h6,8H,2-5,7H2,1H3,(H,14,15,16,17). The fraction of sp³-hybridized carbons (Fsp3) is 0.583. The van der Waals surface area contributed by atoms with Crippen LogP contribution >= 0.6 is 11.6 Å². The topological polar surface area (TPSA) is 57.7 Å². The average molecular weight is 266 g/mol.